The van der Waals surface area contributed by atoms with Gasteiger partial charge in [0.25, 0.3) is 15.9 Å². The molecule has 0 unspecified atom stereocenters. The van der Waals surface area contributed by atoms with Gasteiger partial charge in [-0.1, -0.05) is 6.07 Å². The number of nitriles is 1. The number of benzene rings is 1. The molecule has 27 heavy (non-hydrogen) atoms. The summed E-state index contributed by atoms with van der Waals surface area (Å²) in [5.74, 6) is -0.121. The fourth-order valence-corrected chi connectivity index (χ4v) is 5.63. The number of amides is 1. The molecule has 1 aliphatic rings. The SMILES string of the molecule is C[C@@H](C(=O)Nc1ccc(C#N)cc1)[NH+]1CCN(S(=O)(=O)c2cccs2)CC1. The predicted molar refractivity (Wildman–Crippen MR) is 103 cm³/mol. The number of nitrogens with one attached hydrogen (secondary N) is 2. The predicted octanol–water partition coefficient (Wildman–Crippen LogP) is 0.536. The van der Waals surface area contributed by atoms with Crippen LogP contribution >= 0.6 is 11.3 Å². The molecule has 1 aromatic heterocycles. The van der Waals surface area contributed by atoms with Crippen LogP contribution in [-0.2, 0) is 14.8 Å². The third-order valence-electron chi connectivity index (χ3n) is 4.74. The number of carbonyl (C=O) groups excluding carboxylic acids is 1. The second-order valence-corrected chi connectivity index (χ2v) is 9.51. The van der Waals surface area contributed by atoms with Crippen LogP contribution in [0.1, 0.15) is 12.5 Å². The largest absolute Gasteiger partial charge is 0.323 e. The van der Waals surface area contributed by atoms with Crippen LogP contribution in [0.25, 0.3) is 0 Å². The quantitative estimate of drug-likeness (QED) is 0.759. The number of thiophene rings is 1. The molecule has 1 atom stereocenters. The van der Waals surface area contributed by atoms with Gasteiger partial charge in [-0.3, -0.25) is 4.79 Å². The molecule has 9 heteroatoms. The summed E-state index contributed by atoms with van der Waals surface area (Å²) in [6, 6.07) is 11.8. The maximum absolute atomic E-state index is 12.6. The van der Waals surface area contributed by atoms with Crippen LogP contribution in [0.2, 0.25) is 0 Å². The first-order valence-electron chi connectivity index (χ1n) is 8.61. The Kier molecular flexibility index (Phi) is 5.92. The summed E-state index contributed by atoms with van der Waals surface area (Å²) >= 11 is 1.22. The molecule has 0 spiro atoms. The summed E-state index contributed by atoms with van der Waals surface area (Å²) in [6.45, 7) is 3.78. The second-order valence-electron chi connectivity index (χ2n) is 6.39. The van der Waals surface area contributed by atoms with Crippen molar-refractivity contribution in [1.82, 2.24) is 4.31 Å². The Hall–Kier alpha value is -2.25. The summed E-state index contributed by atoms with van der Waals surface area (Å²) < 4.78 is 27.0. The summed E-state index contributed by atoms with van der Waals surface area (Å²) in [5.41, 5.74) is 1.18. The molecule has 142 valence electrons. The van der Waals surface area contributed by atoms with Crippen molar-refractivity contribution in [2.24, 2.45) is 0 Å². The highest BCUT2D eigenvalue weighted by molar-refractivity contribution is 7.91. The van der Waals surface area contributed by atoms with E-state index >= 15 is 0 Å². The summed E-state index contributed by atoms with van der Waals surface area (Å²) in [7, 11) is -3.43. The Morgan fingerprint density at radius 1 is 1.26 bits per heavy atom. The first-order chi connectivity index (χ1) is 12.9. The highest BCUT2D eigenvalue weighted by atomic mass is 32.2. The fourth-order valence-electron chi connectivity index (χ4n) is 3.05. The van der Waals surface area contributed by atoms with Gasteiger partial charge < -0.3 is 10.2 Å². The number of piperazine rings is 1. The van der Waals surface area contributed by atoms with Gasteiger partial charge in [-0.05, 0) is 42.6 Å². The molecular weight excluding hydrogens is 384 g/mol. The number of nitrogens with zero attached hydrogens (tertiary/aromatic N) is 2. The molecule has 0 bridgehead atoms. The zero-order valence-corrected chi connectivity index (χ0v) is 16.5. The highest BCUT2D eigenvalue weighted by Gasteiger charge is 2.34. The second kappa shape index (κ2) is 8.19. The molecule has 1 aromatic carbocycles. The molecule has 7 nitrogen and oxygen atoms in total. The lowest BCUT2D eigenvalue weighted by molar-refractivity contribution is -0.917. The molecule has 3 rings (SSSR count). The first-order valence-corrected chi connectivity index (χ1v) is 10.9. The molecule has 2 heterocycles. The standard InChI is InChI=1S/C18H20N4O3S2/c1-14(18(23)20-16-6-4-15(13-19)5-7-16)21-8-10-22(11-9-21)27(24,25)17-3-2-12-26-17/h2-7,12,14H,8-11H2,1H3,(H,20,23)/p+1/t14-/m0/s1. The maximum Gasteiger partial charge on any atom is 0.282 e. The van der Waals surface area contributed by atoms with E-state index in [1.165, 1.54) is 15.6 Å². The van der Waals surface area contributed by atoms with Crippen molar-refractivity contribution in [2.45, 2.75) is 17.2 Å². The van der Waals surface area contributed by atoms with Gasteiger partial charge in [0.1, 0.15) is 4.21 Å². The van der Waals surface area contributed by atoms with E-state index in [1.807, 2.05) is 13.0 Å². The smallest absolute Gasteiger partial charge is 0.282 e. The summed E-state index contributed by atoms with van der Waals surface area (Å²) in [6.07, 6.45) is 0. The Balaban J connectivity index is 1.57. The van der Waals surface area contributed by atoms with Gasteiger partial charge >= 0.3 is 0 Å². The maximum atomic E-state index is 12.6. The number of hydrogen-bond donors (Lipinski definition) is 2. The minimum atomic E-state index is -3.43. The monoisotopic (exact) mass is 405 g/mol. The van der Waals surface area contributed by atoms with Gasteiger partial charge in [0.2, 0.25) is 0 Å². The van der Waals surface area contributed by atoms with Crippen LogP contribution in [-0.4, -0.2) is 50.9 Å². The highest BCUT2D eigenvalue weighted by Crippen LogP contribution is 2.20. The summed E-state index contributed by atoms with van der Waals surface area (Å²) in [5, 5.41) is 13.4. The van der Waals surface area contributed by atoms with Gasteiger partial charge in [0.05, 0.1) is 37.8 Å². The molecule has 1 amide bonds. The third kappa shape index (κ3) is 4.36. The van der Waals surface area contributed by atoms with Crippen LogP contribution in [0.3, 0.4) is 0 Å². The number of hydrogen-bond acceptors (Lipinski definition) is 5. The van der Waals surface area contributed by atoms with E-state index in [0.717, 1.165) is 4.90 Å². The van der Waals surface area contributed by atoms with Crippen LogP contribution < -0.4 is 10.2 Å². The van der Waals surface area contributed by atoms with Crippen LogP contribution in [0.15, 0.2) is 46.0 Å². The summed E-state index contributed by atoms with van der Waals surface area (Å²) in [4.78, 5) is 13.6. The Morgan fingerprint density at radius 2 is 1.93 bits per heavy atom. The van der Waals surface area contributed by atoms with Crippen molar-refractivity contribution in [1.29, 1.82) is 5.26 Å². The first kappa shape index (κ1) is 19.5. The zero-order valence-electron chi connectivity index (χ0n) is 14.9. The van der Waals surface area contributed by atoms with E-state index in [0.29, 0.717) is 41.6 Å². The normalized spacial score (nSPS) is 17.2. The molecular formula is C18H21N4O3S2+. The molecule has 1 saturated heterocycles. The van der Waals surface area contributed by atoms with Gasteiger partial charge in [-0.15, -0.1) is 11.3 Å². The molecule has 2 aromatic rings. The molecule has 0 saturated carbocycles. The van der Waals surface area contributed by atoms with E-state index < -0.39 is 10.0 Å². The van der Waals surface area contributed by atoms with Crippen molar-refractivity contribution in [2.75, 3.05) is 31.5 Å². The van der Waals surface area contributed by atoms with Gasteiger partial charge in [0, 0.05) is 5.69 Å². The third-order valence-corrected chi connectivity index (χ3v) is 8.01. The van der Waals surface area contributed by atoms with Crippen LogP contribution in [0.5, 0.6) is 0 Å². The van der Waals surface area contributed by atoms with E-state index in [9.17, 15) is 13.2 Å². The number of carbonyl (C=O) groups is 1. The number of anilines is 1. The van der Waals surface area contributed by atoms with Crippen molar-refractivity contribution in [3.63, 3.8) is 0 Å². The molecule has 1 aliphatic heterocycles. The number of rotatable bonds is 5. The zero-order chi connectivity index (χ0) is 19.4. The van der Waals surface area contributed by atoms with Crippen molar-refractivity contribution in [3.05, 3.63) is 47.3 Å². The minimum Gasteiger partial charge on any atom is -0.323 e. The van der Waals surface area contributed by atoms with E-state index in [4.69, 9.17) is 5.26 Å². The lowest BCUT2D eigenvalue weighted by Gasteiger charge is -2.33. The lowest BCUT2D eigenvalue weighted by atomic mass is 10.2. The van der Waals surface area contributed by atoms with Crippen molar-refractivity contribution >= 4 is 33.0 Å². The van der Waals surface area contributed by atoms with E-state index in [-0.39, 0.29) is 11.9 Å². The van der Waals surface area contributed by atoms with Gasteiger partial charge in [-0.25, -0.2) is 8.42 Å². The molecule has 0 aliphatic carbocycles. The molecule has 2 N–H and O–H groups in total. The van der Waals surface area contributed by atoms with Gasteiger partial charge in [-0.2, -0.15) is 9.57 Å². The van der Waals surface area contributed by atoms with Crippen LogP contribution in [0, 0.1) is 11.3 Å². The Bertz CT molecular complexity index is 926. The number of sulfonamides is 1. The molecule has 1 fully saturated rings. The van der Waals surface area contributed by atoms with Gasteiger partial charge in [0.15, 0.2) is 6.04 Å². The number of quaternary nitrogens is 1. The Labute approximate surface area is 162 Å². The van der Waals surface area contributed by atoms with Crippen molar-refractivity contribution < 1.29 is 18.1 Å². The molecule has 0 radical (unpaired) electrons. The Morgan fingerprint density at radius 3 is 2.48 bits per heavy atom. The average Bonchev–Trinajstić information content (AvgIpc) is 3.24. The average molecular weight is 406 g/mol. The van der Waals surface area contributed by atoms with E-state index in [1.54, 1.807) is 41.8 Å². The minimum absolute atomic E-state index is 0.121. The van der Waals surface area contributed by atoms with Crippen molar-refractivity contribution in [3.8, 4) is 6.07 Å². The lowest BCUT2D eigenvalue weighted by Crippen LogP contribution is -3.19. The van der Waals surface area contributed by atoms with Crippen LogP contribution in [0.4, 0.5) is 5.69 Å². The fraction of sp³-hybridized carbons (Fsp3) is 0.333. The van der Waals surface area contributed by atoms with E-state index in [2.05, 4.69) is 5.32 Å². The topological polar surface area (TPSA) is 94.7 Å².